The third-order valence-corrected chi connectivity index (χ3v) is 12.6. The van der Waals surface area contributed by atoms with Crippen LogP contribution in [0.25, 0.3) is 0 Å². The van der Waals surface area contributed by atoms with Crippen molar-refractivity contribution < 1.29 is 41.7 Å². The van der Waals surface area contributed by atoms with E-state index in [9.17, 15) is 37.0 Å². The van der Waals surface area contributed by atoms with Gasteiger partial charge < -0.3 is 19.8 Å². The van der Waals surface area contributed by atoms with Gasteiger partial charge in [0, 0.05) is 12.1 Å². The number of likely N-dealkylation sites (tertiary alicyclic amines) is 1. The molecule has 1 heterocycles. The van der Waals surface area contributed by atoms with Gasteiger partial charge in [0.15, 0.2) is 9.84 Å². The van der Waals surface area contributed by atoms with E-state index in [2.05, 4.69) is 0 Å². The minimum atomic E-state index is -4.23. The zero-order valence-corrected chi connectivity index (χ0v) is 25.8. The predicted octanol–water partition coefficient (Wildman–Crippen LogP) is 5.42. The van der Waals surface area contributed by atoms with Crippen LogP contribution in [0.15, 0.2) is 65.6 Å². The number of sulfone groups is 1. The molecule has 0 aromatic heterocycles. The molecule has 3 aliphatic rings. The van der Waals surface area contributed by atoms with Gasteiger partial charge in [-0.25, -0.2) is 17.2 Å². The average Bonchev–Trinajstić information content (AvgIpc) is 3.42. The molecule has 2 fully saturated rings. The number of ether oxygens (including phenoxy) is 1. The predicted molar refractivity (Wildman–Crippen MR) is 160 cm³/mol. The molecule has 1 aliphatic heterocycles. The van der Waals surface area contributed by atoms with Crippen LogP contribution < -0.4 is 4.74 Å². The van der Waals surface area contributed by atoms with E-state index in [4.69, 9.17) is 16.3 Å². The first-order valence-electron chi connectivity index (χ1n) is 14.8. The molecule has 0 spiro atoms. The summed E-state index contributed by atoms with van der Waals surface area (Å²) in [6.45, 7) is -0.0897. The lowest BCUT2D eigenvalue weighted by Crippen LogP contribution is -2.57. The van der Waals surface area contributed by atoms with Gasteiger partial charge in [-0.3, -0.25) is 9.59 Å². The monoisotopic (exact) mass is 659 g/mol. The maximum atomic E-state index is 14.6. The lowest BCUT2D eigenvalue weighted by molar-refractivity contribution is -0.160. The summed E-state index contributed by atoms with van der Waals surface area (Å²) in [5, 5.41) is 21.0. The summed E-state index contributed by atoms with van der Waals surface area (Å²) in [6.07, 6.45) is 0.893. The molecule has 2 aliphatic carbocycles. The van der Waals surface area contributed by atoms with E-state index < -0.39 is 55.7 Å². The highest BCUT2D eigenvalue weighted by Gasteiger charge is 2.62. The van der Waals surface area contributed by atoms with Gasteiger partial charge in [-0.1, -0.05) is 23.7 Å². The highest BCUT2D eigenvalue weighted by atomic mass is 35.5. The molecule has 8 nitrogen and oxygen atoms in total. The first-order valence-corrected chi connectivity index (χ1v) is 16.7. The van der Waals surface area contributed by atoms with Crippen molar-refractivity contribution in [3.05, 3.63) is 94.0 Å². The van der Waals surface area contributed by atoms with E-state index in [1.165, 1.54) is 29.2 Å². The van der Waals surface area contributed by atoms with Crippen molar-refractivity contribution in [3.63, 3.8) is 0 Å². The molecule has 0 bridgehead atoms. The quantitative estimate of drug-likeness (QED) is 0.325. The number of carboxylic acids is 1. The Labute approximate surface area is 264 Å². The summed E-state index contributed by atoms with van der Waals surface area (Å²) in [7, 11) is -4.23. The number of aliphatic carboxylic acids is 1. The fourth-order valence-electron chi connectivity index (χ4n) is 7.31. The van der Waals surface area contributed by atoms with Crippen molar-refractivity contribution >= 4 is 33.3 Å². The van der Waals surface area contributed by atoms with Crippen molar-refractivity contribution in [1.29, 1.82) is 0 Å². The number of halogens is 3. The van der Waals surface area contributed by atoms with Crippen LogP contribution >= 0.6 is 11.6 Å². The highest BCUT2D eigenvalue weighted by Crippen LogP contribution is 2.54. The second-order valence-electron chi connectivity index (χ2n) is 12.1. The summed E-state index contributed by atoms with van der Waals surface area (Å²) in [5.41, 5.74) is -0.444. The first-order chi connectivity index (χ1) is 21.4. The fraction of sp³-hybridized carbons (Fsp3) is 0.394. The average molecular weight is 660 g/mol. The minimum Gasteiger partial charge on any atom is -0.489 e. The molecule has 0 radical (unpaired) electrons. The molecule has 45 heavy (non-hydrogen) atoms. The summed E-state index contributed by atoms with van der Waals surface area (Å²) in [5.74, 6) is -2.94. The van der Waals surface area contributed by atoms with Crippen LogP contribution in [-0.2, 0) is 37.2 Å². The molecular weight excluding hydrogens is 628 g/mol. The molecule has 6 rings (SSSR count). The zero-order chi connectivity index (χ0) is 32.1. The van der Waals surface area contributed by atoms with Crippen LogP contribution in [-0.4, -0.2) is 53.6 Å². The Hall–Kier alpha value is -3.54. The van der Waals surface area contributed by atoms with Crippen LogP contribution in [0.3, 0.4) is 0 Å². The number of hydrogen-bond acceptors (Lipinski definition) is 6. The van der Waals surface area contributed by atoms with Gasteiger partial charge in [-0.2, -0.15) is 0 Å². The van der Waals surface area contributed by atoms with Crippen molar-refractivity contribution in [1.82, 2.24) is 4.90 Å². The molecule has 0 unspecified atom stereocenters. The topological polar surface area (TPSA) is 121 Å². The number of carboxylic acid groups (broad SMARTS) is 1. The Kier molecular flexibility index (Phi) is 8.16. The number of nitrogens with zero attached hydrogens (tertiary/aromatic N) is 1. The number of rotatable bonds is 7. The maximum absolute atomic E-state index is 14.6. The SMILES string of the molecule is O=C(O)C1CCC(O)(C(=O)N2CC[C@@]3(S(=O)(=O)c4ccc(F)cc4)c4ccc(OCc5c(F)cccc5Cl)cc4CC[C@@H]23)CC1. The second-order valence-corrected chi connectivity index (χ2v) is 14.7. The summed E-state index contributed by atoms with van der Waals surface area (Å²) in [6, 6.07) is 13.0. The Bertz CT molecular complexity index is 1740. The molecule has 3 aromatic rings. The number of aryl methyl sites for hydroxylation is 1. The molecule has 3 aromatic carbocycles. The number of benzene rings is 3. The standard InChI is InChI=1S/C33H32ClF2NO7S/c34-27-2-1-3-28(36)25(27)19-44-23-7-10-26-21(18-23)4-11-29-33(26,45(42,43)24-8-5-22(35)6-9-24)16-17-37(29)31(40)32(41)14-12-20(13-15-32)30(38)39/h1-3,5-10,18,20,29,41H,4,11-17,19H2,(H,38,39)/t20?,29-,32?,33-/m1/s1. The van der Waals surface area contributed by atoms with Crippen LogP contribution in [0, 0.1) is 17.6 Å². The van der Waals surface area contributed by atoms with Gasteiger partial charge in [-0.15, -0.1) is 0 Å². The van der Waals surface area contributed by atoms with Crippen LogP contribution in [0.2, 0.25) is 5.02 Å². The second kappa shape index (κ2) is 11.7. The Morgan fingerprint density at radius 3 is 2.38 bits per heavy atom. The third-order valence-electron chi connectivity index (χ3n) is 9.73. The molecule has 2 N–H and O–H groups in total. The highest BCUT2D eigenvalue weighted by molar-refractivity contribution is 7.92. The zero-order valence-electron chi connectivity index (χ0n) is 24.2. The fourth-order valence-corrected chi connectivity index (χ4v) is 9.89. The summed E-state index contributed by atoms with van der Waals surface area (Å²) >= 11 is 6.15. The van der Waals surface area contributed by atoms with Gasteiger partial charge in [0.2, 0.25) is 0 Å². The first kappa shape index (κ1) is 31.4. The minimum absolute atomic E-state index is 0.0347. The number of hydrogen-bond donors (Lipinski definition) is 2. The lowest BCUT2D eigenvalue weighted by Gasteiger charge is -2.44. The number of carbonyl (C=O) groups excluding carboxylic acids is 1. The van der Waals surface area contributed by atoms with Crippen LogP contribution in [0.1, 0.15) is 55.2 Å². The van der Waals surface area contributed by atoms with Crippen molar-refractivity contribution in [2.45, 2.75) is 72.8 Å². The molecule has 1 amide bonds. The largest absolute Gasteiger partial charge is 0.489 e. The lowest BCUT2D eigenvalue weighted by atomic mass is 9.76. The smallest absolute Gasteiger partial charge is 0.306 e. The van der Waals surface area contributed by atoms with E-state index in [1.807, 2.05) is 0 Å². The van der Waals surface area contributed by atoms with Crippen molar-refractivity contribution in [2.24, 2.45) is 5.92 Å². The van der Waals surface area contributed by atoms with Gasteiger partial charge >= 0.3 is 5.97 Å². The molecule has 1 saturated heterocycles. The van der Waals surface area contributed by atoms with E-state index in [0.717, 1.165) is 12.1 Å². The molecule has 2 atom stereocenters. The third kappa shape index (κ3) is 5.28. The van der Waals surface area contributed by atoms with Crippen molar-refractivity contribution in [3.8, 4) is 5.75 Å². The van der Waals surface area contributed by atoms with Crippen molar-refractivity contribution in [2.75, 3.05) is 6.54 Å². The summed E-state index contributed by atoms with van der Waals surface area (Å²) in [4.78, 5) is 26.8. The number of aliphatic hydroxyl groups is 1. The summed E-state index contributed by atoms with van der Waals surface area (Å²) < 4.78 is 61.6. The molecular formula is C33H32ClF2NO7S. The van der Waals surface area contributed by atoms with E-state index >= 15 is 0 Å². The number of amides is 1. The van der Waals surface area contributed by atoms with Gasteiger partial charge in [0.1, 0.15) is 34.3 Å². The van der Waals surface area contributed by atoms with E-state index in [1.54, 1.807) is 24.3 Å². The van der Waals surface area contributed by atoms with Crippen LogP contribution in [0.5, 0.6) is 5.75 Å². The molecule has 12 heteroatoms. The maximum Gasteiger partial charge on any atom is 0.306 e. The Morgan fingerprint density at radius 2 is 1.71 bits per heavy atom. The normalized spacial score (nSPS) is 26.2. The number of carbonyl (C=O) groups is 2. The molecule has 1 saturated carbocycles. The van der Waals surface area contributed by atoms with E-state index in [-0.39, 0.29) is 67.2 Å². The number of fused-ring (bicyclic) bond motifs is 3. The van der Waals surface area contributed by atoms with Gasteiger partial charge in [0.05, 0.1) is 21.9 Å². The van der Waals surface area contributed by atoms with E-state index in [0.29, 0.717) is 23.3 Å². The Morgan fingerprint density at radius 1 is 1.00 bits per heavy atom. The Balaban J connectivity index is 1.37. The van der Waals surface area contributed by atoms with Crippen LogP contribution in [0.4, 0.5) is 8.78 Å². The van der Waals surface area contributed by atoms with Gasteiger partial charge in [0.25, 0.3) is 5.91 Å². The van der Waals surface area contributed by atoms with Gasteiger partial charge in [-0.05, 0) is 105 Å². The molecule has 238 valence electrons.